The van der Waals surface area contributed by atoms with Crippen molar-refractivity contribution in [3.63, 3.8) is 0 Å². The molecule has 10 rings (SSSR count). The molecule has 66 heavy (non-hydrogen) atoms. The Morgan fingerprint density at radius 3 is 1.18 bits per heavy atom. The summed E-state index contributed by atoms with van der Waals surface area (Å²) in [5.74, 6) is -37.9. The van der Waals surface area contributed by atoms with E-state index < -0.39 is 161 Å². The second-order valence-electron chi connectivity index (χ2n) is 14.1. The quantitative estimate of drug-likeness (QED) is 0.102. The van der Waals surface area contributed by atoms with E-state index >= 15 is 26.3 Å². The second kappa shape index (κ2) is 14.9. The first-order valence-corrected chi connectivity index (χ1v) is 18.4. The Labute approximate surface area is 354 Å². The van der Waals surface area contributed by atoms with Crippen molar-refractivity contribution in [1.29, 1.82) is 0 Å². The van der Waals surface area contributed by atoms with Crippen LogP contribution in [0, 0.1) is 87.3 Å². The van der Waals surface area contributed by atoms with Crippen molar-refractivity contribution in [3.05, 3.63) is 160 Å². The van der Waals surface area contributed by atoms with Gasteiger partial charge in [0, 0.05) is 40.8 Å². The molecule has 23 heteroatoms. The van der Waals surface area contributed by atoms with Gasteiger partial charge in [-0.25, -0.2) is 85.8 Å². The Balaban J connectivity index is 1.38. The van der Waals surface area contributed by atoms with Gasteiger partial charge in [-0.3, -0.25) is 14.1 Å². The van der Waals surface area contributed by atoms with Gasteiger partial charge < -0.3 is 4.98 Å². The molecular weight excluding hydrogens is 913 g/mol. The average molecular weight is 927 g/mol. The van der Waals surface area contributed by atoms with Crippen LogP contribution in [0.1, 0.15) is 0 Å². The lowest BCUT2D eigenvalue weighted by Crippen LogP contribution is -2.12. The summed E-state index contributed by atoms with van der Waals surface area (Å²) in [6.45, 7) is 0. The van der Waals surface area contributed by atoms with Crippen LogP contribution in [0.15, 0.2) is 73.2 Å². The number of pyridine rings is 3. The van der Waals surface area contributed by atoms with Crippen molar-refractivity contribution in [3.8, 4) is 56.5 Å². The van der Waals surface area contributed by atoms with E-state index in [0.29, 0.717) is 9.13 Å². The molecule has 0 saturated carbocycles. The maximum absolute atomic E-state index is 15.8. The fraction of sp³-hybridized carbons (Fsp3) is 0. The average Bonchev–Trinajstić information content (AvgIpc) is 4.03. The SMILES string of the molecule is Fc1c(F)c(F)c(-c2c(-c3cc(-c4nc5cccnc5n4-c4c(F)c(F)c(F)c(F)c4F)cc(-c4nc5cccnc5n4-c4c(F)c(F)c(F)c(F)c4F)c3)[nH]c3cccnc23)c(F)c1F. The van der Waals surface area contributed by atoms with Crippen molar-refractivity contribution in [2.24, 2.45) is 0 Å². The molecular formula is C43H13F15N8. The summed E-state index contributed by atoms with van der Waals surface area (Å²) in [7, 11) is 0. The number of rotatable bonds is 6. The van der Waals surface area contributed by atoms with Crippen LogP contribution in [-0.4, -0.2) is 39.0 Å². The van der Waals surface area contributed by atoms with Gasteiger partial charge in [-0.05, 0) is 54.6 Å². The minimum absolute atomic E-state index is 0.130. The molecule has 0 radical (unpaired) electrons. The number of aromatic nitrogens is 8. The smallest absolute Gasteiger partial charge is 0.200 e. The zero-order valence-electron chi connectivity index (χ0n) is 31.7. The van der Waals surface area contributed by atoms with E-state index in [1.54, 1.807) is 0 Å². The van der Waals surface area contributed by atoms with Crippen molar-refractivity contribution < 1.29 is 65.9 Å². The lowest BCUT2D eigenvalue weighted by molar-refractivity contribution is 0.376. The van der Waals surface area contributed by atoms with E-state index in [0.717, 1.165) is 36.8 Å². The third-order valence-electron chi connectivity index (χ3n) is 10.4. The molecule has 0 aliphatic heterocycles. The van der Waals surface area contributed by atoms with Gasteiger partial charge >= 0.3 is 0 Å². The zero-order chi connectivity index (χ0) is 46.8. The van der Waals surface area contributed by atoms with Crippen LogP contribution in [0.5, 0.6) is 0 Å². The van der Waals surface area contributed by atoms with E-state index in [4.69, 9.17) is 0 Å². The summed E-state index contributed by atoms with van der Waals surface area (Å²) in [6.07, 6.45) is 3.17. The lowest BCUT2D eigenvalue weighted by atomic mass is 9.95. The Bertz CT molecular complexity index is 3270. The van der Waals surface area contributed by atoms with Crippen LogP contribution in [0.25, 0.3) is 89.9 Å². The first-order valence-electron chi connectivity index (χ1n) is 18.4. The number of hydrogen-bond donors (Lipinski definition) is 1. The fourth-order valence-corrected chi connectivity index (χ4v) is 7.55. The normalized spacial score (nSPS) is 11.9. The maximum Gasteiger partial charge on any atom is 0.200 e. The molecule has 8 nitrogen and oxygen atoms in total. The number of aromatic amines is 1. The van der Waals surface area contributed by atoms with Gasteiger partial charge in [-0.2, -0.15) is 0 Å². The highest BCUT2D eigenvalue weighted by atomic mass is 19.2. The number of halogens is 15. The molecule has 0 amide bonds. The highest BCUT2D eigenvalue weighted by Gasteiger charge is 2.35. The van der Waals surface area contributed by atoms with Gasteiger partial charge in [-0.15, -0.1) is 0 Å². The van der Waals surface area contributed by atoms with Crippen LogP contribution in [0.2, 0.25) is 0 Å². The van der Waals surface area contributed by atoms with Crippen LogP contribution in [-0.2, 0) is 0 Å². The van der Waals surface area contributed by atoms with Crippen LogP contribution in [0.4, 0.5) is 65.9 Å². The number of fused-ring (bicyclic) bond motifs is 3. The number of nitrogens with zero attached hydrogens (tertiary/aromatic N) is 7. The van der Waals surface area contributed by atoms with Crippen molar-refractivity contribution in [2.45, 2.75) is 0 Å². The monoisotopic (exact) mass is 926 g/mol. The van der Waals surface area contributed by atoms with Crippen LogP contribution < -0.4 is 0 Å². The van der Waals surface area contributed by atoms with Crippen molar-refractivity contribution in [1.82, 2.24) is 39.0 Å². The maximum atomic E-state index is 15.8. The lowest BCUT2D eigenvalue weighted by Gasteiger charge is -2.16. The topological polar surface area (TPSA) is 90.1 Å². The number of nitrogens with one attached hydrogen (secondary N) is 1. The van der Waals surface area contributed by atoms with E-state index in [1.807, 2.05) is 0 Å². The van der Waals surface area contributed by atoms with Crippen molar-refractivity contribution >= 4 is 33.4 Å². The van der Waals surface area contributed by atoms with E-state index in [1.165, 1.54) is 36.4 Å². The molecule has 0 saturated heterocycles. The number of H-pyrrole nitrogens is 1. The minimum Gasteiger partial charge on any atom is -0.353 e. The van der Waals surface area contributed by atoms with E-state index in [2.05, 4.69) is 29.9 Å². The molecule has 0 unspecified atom stereocenters. The first kappa shape index (κ1) is 41.8. The van der Waals surface area contributed by atoms with Gasteiger partial charge in [0.2, 0.25) is 17.5 Å². The standard InChI is InChI=1S/C43H13F15N8/c44-21-19(22(45)24(47)25(48)23(21)46)20-36(62-16-4-1-7-59-37(16)20)13-10-14(40-63-17-5-2-8-60-42(17)65(40)38-32(55)28(51)26(49)29(52)33(38)56)12-15(11-13)41-64-18-6-3-9-61-43(18)66(41)39-34(57)30(53)27(50)31(54)35(39)58/h1-12,62H. The highest BCUT2D eigenvalue weighted by Crippen LogP contribution is 2.45. The molecule has 4 aromatic carbocycles. The summed E-state index contributed by atoms with van der Waals surface area (Å²) in [5.41, 5.74) is -10.0. The molecule has 0 fully saturated rings. The number of hydrogen-bond acceptors (Lipinski definition) is 5. The predicted molar refractivity (Wildman–Crippen MR) is 202 cm³/mol. The molecule has 330 valence electrons. The Hall–Kier alpha value is -8.24. The third-order valence-corrected chi connectivity index (χ3v) is 10.4. The molecule has 0 spiro atoms. The van der Waals surface area contributed by atoms with E-state index in [9.17, 15) is 39.5 Å². The summed E-state index contributed by atoms with van der Waals surface area (Å²) in [6, 6.07) is 10.3. The first-order chi connectivity index (χ1) is 31.5. The van der Waals surface area contributed by atoms with Crippen molar-refractivity contribution in [2.75, 3.05) is 0 Å². The molecule has 6 heterocycles. The number of benzene rings is 4. The van der Waals surface area contributed by atoms with Gasteiger partial charge in [0.1, 0.15) is 34.1 Å². The fourth-order valence-electron chi connectivity index (χ4n) is 7.55. The molecule has 1 N–H and O–H groups in total. The largest absolute Gasteiger partial charge is 0.353 e. The molecule has 0 atom stereocenters. The third kappa shape index (κ3) is 5.87. The zero-order valence-corrected chi connectivity index (χ0v) is 31.7. The molecule has 10 aromatic rings. The van der Waals surface area contributed by atoms with Gasteiger partial charge in [0.25, 0.3) is 0 Å². The highest BCUT2D eigenvalue weighted by molar-refractivity contribution is 6.03. The molecule has 6 aromatic heterocycles. The Kier molecular flexibility index (Phi) is 9.44. The molecule has 0 aliphatic carbocycles. The van der Waals surface area contributed by atoms with Crippen LogP contribution in [0.3, 0.4) is 0 Å². The molecule has 0 bridgehead atoms. The van der Waals surface area contributed by atoms with Gasteiger partial charge in [0.05, 0.1) is 22.3 Å². The minimum atomic E-state index is -2.55. The van der Waals surface area contributed by atoms with Gasteiger partial charge in [0.15, 0.2) is 81.1 Å². The Morgan fingerprint density at radius 2 is 0.742 bits per heavy atom. The van der Waals surface area contributed by atoms with Gasteiger partial charge in [-0.1, -0.05) is 0 Å². The summed E-state index contributed by atoms with van der Waals surface area (Å²) in [5, 5.41) is 0. The second-order valence-corrected chi connectivity index (χ2v) is 14.1. The van der Waals surface area contributed by atoms with Crippen LogP contribution >= 0.6 is 0 Å². The summed E-state index contributed by atoms with van der Waals surface area (Å²) in [4.78, 5) is 23.4. The molecule has 0 aliphatic rings. The number of imidazole rings is 2. The Morgan fingerprint density at radius 1 is 0.379 bits per heavy atom. The summed E-state index contributed by atoms with van der Waals surface area (Å²) >= 11 is 0. The summed E-state index contributed by atoms with van der Waals surface area (Å²) < 4.78 is 228. The van der Waals surface area contributed by atoms with E-state index in [-0.39, 0.29) is 16.6 Å². The predicted octanol–water partition coefficient (Wildman–Crippen LogP) is 11.8.